The molecule has 0 fully saturated rings. The van der Waals surface area contributed by atoms with E-state index in [1.54, 1.807) is 14.2 Å². The first kappa shape index (κ1) is 13.6. The number of rotatable bonds is 5. The number of hydrogen-bond acceptors (Lipinski definition) is 3. The van der Waals surface area contributed by atoms with Crippen LogP contribution >= 0.6 is 0 Å². The summed E-state index contributed by atoms with van der Waals surface area (Å²) in [4.78, 5) is 0. The average Bonchev–Trinajstić information content (AvgIpc) is 2.32. The van der Waals surface area contributed by atoms with Crippen LogP contribution in [-0.2, 0) is 11.2 Å². The van der Waals surface area contributed by atoms with Gasteiger partial charge in [-0.05, 0) is 49.4 Å². The Labute approximate surface area is 103 Å². The summed E-state index contributed by atoms with van der Waals surface area (Å²) < 4.78 is 10.2. The van der Waals surface area contributed by atoms with Crippen LogP contribution in [0.2, 0.25) is 0 Å². The van der Waals surface area contributed by atoms with Gasteiger partial charge in [-0.3, -0.25) is 5.41 Å². The Morgan fingerprint density at radius 1 is 1.18 bits per heavy atom. The number of methoxy groups -OCH3 is 2. The van der Waals surface area contributed by atoms with Crippen molar-refractivity contribution in [1.82, 2.24) is 0 Å². The molecule has 0 aliphatic rings. The molecule has 1 aromatic carbocycles. The van der Waals surface area contributed by atoms with Gasteiger partial charge in [0, 0.05) is 6.42 Å². The van der Waals surface area contributed by atoms with Gasteiger partial charge in [0.25, 0.3) is 0 Å². The highest BCUT2D eigenvalue weighted by Gasteiger charge is 2.06. The first-order valence-corrected chi connectivity index (χ1v) is 5.84. The van der Waals surface area contributed by atoms with Gasteiger partial charge in [-0.25, -0.2) is 0 Å². The van der Waals surface area contributed by atoms with Crippen molar-refractivity contribution in [1.29, 1.82) is 5.41 Å². The fourth-order valence-corrected chi connectivity index (χ4v) is 1.78. The molecule has 0 aromatic heterocycles. The van der Waals surface area contributed by atoms with E-state index in [0.29, 0.717) is 12.3 Å². The number of nitrogens with one attached hydrogen (secondary N) is 1. The van der Waals surface area contributed by atoms with E-state index in [9.17, 15) is 0 Å². The number of hydrogen-bond donors (Lipinski definition) is 1. The molecule has 17 heavy (non-hydrogen) atoms. The highest BCUT2D eigenvalue weighted by molar-refractivity contribution is 5.72. The van der Waals surface area contributed by atoms with Crippen LogP contribution in [0, 0.1) is 19.3 Å². The summed E-state index contributed by atoms with van der Waals surface area (Å²) in [6.45, 7) is 4.19. The van der Waals surface area contributed by atoms with Crippen molar-refractivity contribution in [2.24, 2.45) is 0 Å². The lowest BCUT2D eigenvalue weighted by molar-refractivity contribution is 0.383. The summed E-state index contributed by atoms with van der Waals surface area (Å²) in [5.41, 5.74) is 3.73. The van der Waals surface area contributed by atoms with E-state index in [1.165, 1.54) is 16.7 Å². The van der Waals surface area contributed by atoms with E-state index in [0.717, 1.165) is 18.6 Å². The zero-order valence-electron chi connectivity index (χ0n) is 11.1. The number of aryl methyl sites for hydroxylation is 3. The van der Waals surface area contributed by atoms with Gasteiger partial charge in [0.1, 0.15) is 5.75 Å². The van der Waals surface area contributed by atoms with Gasteiger partial charge in [0.2, 0.25) is 0 Å². The van der Waals surface area contributed by atoms with Crippen LogP contribution < -0.4 is 4.74 Å². The molecular weight excluding hydrogens is 214 g/mol. The molecule has 3 nitrogen and oxygen atoms in total. The summed E-state index contributed by atoms with van der Waals surface area (Å²) in [6, 6.07) is 4.25. The lowest BCUT2D eigenvalue weighted by atomic mass is 10.0. The van der Waals surface area contributed by atoms with E-state index in [-0.39, 0.29) is 0 Å². The summed E-state index contributed by atoms with van der Waals surface area (Å²) in [7, 11) is 3.24. The average molecular weight is 235 g/mol. The van der Waals surface area contributed by atoms with Crippen LogP contribution in [0.1, 0.15) is 29.5 Å². The molecule has 94 valence electrons. The molecule has 0 amide bonds. The third kappa shape index (κ3) is 3.77. The van der Waals surface area contributed by atoms with E-state index in [1.807, 2.05) is 0 Å². The van der Waals surface area contributed by atoms with Crippen molar-refractivity contribution in [3.05, 3.63) is 28.8 Å². The zero-order chi connectivity index (χ0) is 12.8. The van der Waals surface area contributed by atoms with Crippen LogP contribution in [0.15, 0.2) is 12.1 Å². The molecular formula is C14H21NO2. The SMILES string of the molecule is COC(=N)CCCc1cc(C)c(C)cc1OC. The van der Waals surface area contributed by atoms with Crippen molar-refractivity contribution in [3.63, 3.8) is 0 Å². The first-order chi connectivity index (χ1) is 8.08. The molecule has 0 aliphatic carbocycles. The smallest absolute Gasteiger partial charge is 0.180 e. The van der Waals surface area contributed by atoms with Crippen molar-refractivity contribution in [2.45, 2.75) is 33.1 Å². The maximum absolute atomic E-state index is 7.42. The summed E-state index contributed by atoms with van der Waals surface area (Å²) in [6.07, 6.45) is 2.49. The molecule has 0 bridgehead atoms. The molecule has 0 radical (unpaired) electrons. The summed E-state index contributed by atoms with van der Waals surface area (Å²) in [5.74, 6) is 1.28. The van der Waals surface area contributed by atoms with Gasteiger partial charge in [0.15, 0.2) is 5.90 Å². The van der Waals surface area contributed by atoms with Crippen LogP contribution in [0.5, 0.6) is 5.75 Å². The van der Waals surface area contributed by atoms with E-state index in [4.69, 9.17) is 14.9 Å². The van der Waals surface area contributed by atoms with Gasteiger partial charge < -0.3 is 9.47 Å². The predicted octanol–water partition coefficient (Wildman–Crippen LogP) is 3.26. The Morgan fingerprint density at radius 3 is 2.41 bits per heavy atom. The second kappa shape index (κ2) is 6.28. The predicted molar refractivity (Wildman–Crippen MR) is 70.1 cm³/mol. The van der Waals surface area contributed by atoms with Gasteiger partial charge in [0.05, 0.1) is 14.2 Å². The minimum Gasteiger partial charge on any atom is -0.496 e. The maximum Gasteiger partial charge on any atom is 0.180 e. The van der Waals surface area contributed by atoms with E-state index < -0.39 is 0 Å². The standard InChI is InChI=1S/C14H21NO2/c1-10-8-12(6-5-7-14(15)17-4)13(16-3)9-11(10)2/h8-9,15H,5-7H2,1-4H3. The van der Waals surface area contributed by atoms with Gasteiger partial charge in [-0.2, -0.15) is 0 Å². The third-order valence-corrected chi connectivity index (χ3v) is 2.99. The van der Waals surface area contributed by atoms with Crippen LogP contribution in [0.4, 0.5) is 0 Å². The van der Waals surface area contributed by atoms with E-state index >= 15 is 0 Å². The normalized spacial score (nSPS) is 10.1. The third-order valence-electron chi connectivity index (χ3n) is 2.99. The summed E-state index contributed by atoms with van der Waals surface area (Å²) in [5, 5.41) is 7.42. The quantitative estimate of drug-likeness (QED) is 0.628. The Bertz CT molecular complexity index is 399. The minimum atomic E-state index is 0.341. The lowest BCUT2D eigenvalue weighted by Gasteiger charge is -2.11. The second-order valence-electron chi connectivity index (χ2n) is 4.23. The van der Waals surface area contributed by atoms with Crippen molar-refractivity contribution in [2.75, 3.05) is 14.2 Å². The Balaban J connectivity index is 2.69. The fraction of sp³-hybridized carbons (Fsp3) is 0.500. The Hall–Kier alpha value is -1.51. The fourth-order valence-electron chi connectivity index (χ4n) is 1.78. The van der Waals surface area contributed by atoms with Crippen molar-refractivity contribution in [3.8, 4) is 5.75 Å². The largest absolute Gasteiger partial charge is 0.496 e. The van der Waals surface area contributed by atoms with Gasteiger partial charge in [-0.15, -0.1) is 0 Å². The molecule has 1 rings (SSSR count). The highest BCUT2D eigenvalue weighted by Crippen LogP contribution is 2.24. The molecule has 0 unspecified atom stereocenters. The van der Waals surface area contributed by atoms with E-state index in [2.05, 4.69) is 26.0 Å². The molecule has 0 aliphatic heterocycles. The van der Waals surface area contributed by atoms with Crippen LogP contribution in [0.25, 0.3) is 0 Å². The number of ether oxygens (including phenoxy) is 2. The van der Waals surface area contributed by atoms with Crippen LogP contribution in [-0.4, -0.2) is 20.1 Å². The molecule has 0 saturated heterocycles. The number of benzene rings is 1. The Kier molecular flexibility index (Phi) is 5.01. The molecule has 0 heterocycles. The molecule has 0 spiro atoms. The lowest BCUT2D eigenvalue weighted by Crippen LogP contribution is -2.01. The molecule has 0 saturated carbocycles. The minimum absolute atomic E-state index is 0.341. The monoisotopic (exact) mass is 235 g/mol. The summed E-state index contributed by atoms with van der Waals surface area (Å²) >= 11 is 0. The van der Waals surface area contributed by atoms with Gasteiger partial charge >= 0.3 is 0 Å². The molecule has 1 aromatic rings. The molecule has 1 N–H and O–H groups in total. The topological polar surface area (TPSA) is 42.3 Å². The maximum atomic E-state index is 7.42. The van der Waals surface area contributed by atoms with Gasteiger partial charge in [-0.1, -0.05) is 6.07 Å². The van der Waals surface area contributed by atoms with Crippen LogP contribution in [0.3, 0.4) is 0 Å². The highest BCUT2D eigenvalue weighted by atomic mass is 16.5. The van der Waals surface area contributed by atoms with Crippen molar-refractivity contribution < 1.29 is 9.47 Å². The molecule has 3 heteroatoms. The first-order valence-electron chi connectivity index (χ1n) is 5.84. The van der Waals surface area contributed by atoms with Crippen molar-refractivity contribution >= 4 is 5.90 Å². The molecule has 0 atom stereocenters. The Morgan fingerprint density at radius 2 is 1.82 bits per heavy atom. The zero-order valence-corrected chi connectivity index (χ0v) is 11.1. The second-order valence-corrected chi connectivity index (χ2v) is 4.23.